The lowest BCUT2D eigenvalue weighted by Crippen LogP contribution is -2.37. The van der Waals surface area contributed by atoms with Crippen molar-refractivity contribution in [3.8, 4) is 0 Å². The molecule has 0 aromatic heterocycles. The molecule has 0 unspecified atom stereocenters. The van der Waals surface area contributed by atoms with E-state index in [4.69, 9.17) is 0 Å². The molecule has 1 aromatic carbocycles. The number of nitrogens with one attached hydrogen (secondary N) is 2. The minimum absolute atomic E-state index is 0.0263. The van der Waals surface area contributed by atoms with E-state index in [0.717, 1.165) is 5.56 Å². The van der Waals surface area contributed by atoms with Crippen LogP contribution in [0.1, 0.15) is 24.3 Å². The summed E-state index contributed by atoms with van der Waals surface area (Å²) < 4.78 is 22.9. The van der Waals surface area contributed by atoms with Crippen LogP contribution in [-0.4, -0.2) is 38.3 Å². The van der Waals surface area contributed by atoms with Gasteiger partial charge in [-0.15, -0.1) is 0 Å². The molecule has 2 N–H and O–H groups in total. The number of hydrogen-bond donors (Lipinski definition) is 2. The van der Waals surface area contributed by atoms with Crippen LogP contribution in [0, 0.1) is 5.92 Å². The van der Waals surface area contributed by atoms with Crippen molar-refractivity contribution < 1.29 is 18.0 Å². The van der Waals surface area contributed by atoms with Gasteiger partial charge in [0.2, 0.25) is 11.8 Å². The van der Waals surface area contributed by atoms with E-state index in [0.29, 0.717) is 18.7 Å². The molecule has 2 heterocycles. The molecule has 2 aliphatic heterocycles. The number of hydrogen-bond acceptors (Lipinski definition) is 4. The molecule has 6 nitrogen and oxygen atoms in total. The average Bonchev–Trinajstić information content (AvgIpc) is 2.83. The first kappa shape index (κ1) is 15.0. The molecule has 1 saturated heterocycles. The second kappa shape index (κ2) is 5.72. The van der Waals surface area contributed by atoms with Crippen LogP contribution in [0.4, 0.5) is 5.69 Å². The topological polar surface area (TPSA) is 92.3 Å². The number of amides is 2. The Kier molecular flexibility index (Phi) is 3.90. The molecule has 1 fully saturated rings. The van der Waals surface area contributed by atoms with Crippen molar-refractivity contribution in [2.24, 2.45) is 5.92 Å². The van der Waals surface area contributed by atoms with E-state index in [9.17, 15) is 18.0 Å². The third-order valence-electron chi connectivity index (χ3n) is 4.21. The molecule has 2 amide bonds. The van der Waals surface area contributed by atoms with Crippen LogP contribution >= 0.6 is 0 Å². The fourth-order valence-electron chi connectivity index (χ4n) is 3.05. The van der Waals surface area contributed by atoms with Crippen molar-refractivity contribution in [3.63, 3.8) is 0 Å². The minimum atomic E-state index is -2.94. The first-order valence-corrected chi connectivity index (χ1v) is 9.14. The van der Waals surface area contributed by atoms with Crippen molar-refractivity contribution in [1.82, 2.24) is 5.32 Å². The van der Waals surface area contributed by atoms with Gasteiger partial charge >= 0.3 is 0 Å². The summed E-state index contributed by atoms with van der Waals surface area (Å²) in [5.41, 5.74) is 1.47. The molecule has 3 rings (SSSR count). The first-order chi connectivity index (χ1) is 10.4. The lowest BCUT2D eigenvalue weighted by molar-refractivity contribution is -0.126. The van der Waals surface area contributed by atoms with Crippen LogP contribution in [0.25, 0.3) is 0 Å². The maximum atomic E-state index is 12.4. The Morgan fingerprint density at radius 1 is 1.32 bits per heavy atom. The van der Waals surface area contributed by atoms with Gasteiger partial charge in [0, 0.05) is 18.7 Å². The van der Waals surface area contributed by atoms with Gasteiger partial charge in [-0.05, 0) is 24.0 Å². The molecule has 0 bridgehead atoms. The fraction of sp³-hybridized carbons (Fsp3) is 0.467. The summed E-state index contributed by atoms with van der Waals surface area (Å²) in [7, 11) is -2.94. The Bertz CT molecular complexity index is 714. The zero-order valence-electron chi connectivity index (χ0n) is 12.0. The number of para-hydroxylation sites is 1. The molecule has 1 aromatic rings. The number of rotatable bonds is 3. The van der Waals surface area contributed by atoms with Crippen molar-refractivity contribution in [1.29, 1.82) is 0 Å². The minimum Gasteiger partial charge on any atom is -0.355 e. The molecule has 0 aliphatic carbocycles. The fourth-order valence-corrected chi connectivity index (χ4v) is 4.91. The second-order valence-corrected chi connectivity index (χ2v) is 8.14. The van der Waals surface area contributed by atoms with E-state index >= 15 is 0 Å². The van der Waals surface area contributed by atoms with Crippen molar-refractivity contribution in [2.45, 2.75) is 18.8 Å². The highest BCUT2D eigenvalue weighted by Gasteiger charge is 2.32. The molecular weight excluding hydrogens is 304 g/mol. The molecular formula is C15H18N2O4S. The first-order valence-electron chi connectivity index (χ1n) is 7.31. The van der Waals surface area contributed by atoms with Crippen LogP contribution in [0.15, 0.2) is 24.3 Å². The van der Waals surface area contributed by atoms with Crippen LogP contribution in [-0.2, 0) is 19.4 Å². The summed E-state index contributed by atoms with van der Waals surface area (Å²) in [6.45, 7) is 0.346. The number of anilines is 1. The van der Waals surface area contributed by atoms with Gasteiger partial charge in [-0.2, -0.15) is 0 Å². The number of benzene rings is 1. The average molecular weight is 322 g/mol. The summed E-state index contributed by atoms with van der Waals surface area (Å²) >= 11 is 0. The summed E-state index contributed by atoms with van der Waals surface area (Å²) in [6.07, 6.45) is 0.705. The maximum absolute atomic E-state index is 12.4. The van der Waals surface area contributed by atoms with E-state index in [1.165, 1.54) is 0 Å². The van der Waals surface area contributed by atoms with Crippen molar-refractivity contribution >= 4 is 27.3 Å². The quantitative estimate of drug-likeness (QED) is 0.855. The summed E-state index contributed by atoms with van der Waals surface area (Å²) in [4.78, 5) is 24.1. The third kappa shape index (κ3) is 3.14. The molecule has 0 radical (unpaired) electrons. The molecule has 7 heteroatoms. The standard InChI is InChI=1S/C15H18N2O4S/c18-14-7-12(11-3-1-2-4-13(11)17-14)15(19)16-8-10-5-6-22(20,21)9-10/h1-4,10,12H,5-9H2,(H,16,19)(H,17,18)/t10-,12+/m0/s1. The predicted octanol–water partition coefficient (Wildman–Crippen LogP) is 0.663. The van der Waals surface area contributed by atoms with Gasteiger partial charge in [-0.3, -0.25) is 9.59 Å². The van der Waals surface area contributed by atoms with Crippen LogP contribution in [0.2, 0.25) is 0 Å². The molecule has 118 valence electrons. The SMILES string of the molecule is O=C1C[C@@H](C(=O)NC[C@@H]2CCS(=O)(=O)C2)c2ccccc2N1. The number of fused-ring (bicyclic) bond motifs is 1. The lowest BCUT2D eigenvalue weighted by atomic mass is 9.89. The maximum Gasteiger partial charge on any atom is 0.228 e. The Hall–Kier alpha value is -1.89. The summed E-state index contributed by atoms with van der Waals surface area (Å²) in [5, 5.41) is 5.56. The van der Waals surface area contributed by atoms with Gasteiger partial charge in [0.1, 0.15) is 0 Å². The highest BCUT2D eigenvalue weighted by molar-refractivity contribution is 7.91. The molecule has 22 heavy (non-hydrogen) atoms. The Morgan fingerprint density at radius 2 is 2.09 bits per heavy atom. The number of carbonyl (C=O) groups is 2. The Balaban J connectivity index is 1.67. The summed E-state index contributed by atoms with van der Waals surface area (Å²) in [6, 6.07) is 7.25. The van der Waals surface area contributed by atoms with E-state index in [1.54, 1.807) is 6.07 Å². The van der Waals surface area contributed by atoms with Gasteiger partial charge in [-0.25, -0.2) is 8.42 Å². The highest BCUT2D eigenvalue weighted by Crippen LogP contribution is 2.32. The van der Waals surface area contributed by atoms with Crippen LogP contribution in [0.3, 0.4) is 0 Å². The van der Waals surface area contributed by atoms with Crippen LogP contribution in [0.5, 0.6) is 0 Å². The number of sulfone groups is 1. The van der Waals surface area contributed by atoms with E-state index in [2.05, 4.69) is 10.6 Å². The van der Waals surface area contributed by atoms with Crippen molar-refractivity contribution in [2.75, 3.05) is 23.4 Å². The number of carbonyl (C=O) groups excluding carboxylic acids is 2. The van der Waals surface area contributed by atoms with Crippen molar-refractivity contribution in [3.05, 3.63) is 29.8 Å². The monoisotopic (exact) mass is 322 g/mol. The predicted molar refractivity (Wildman–Crippen MR) is 82.2 cm³/mol. The molecule has 0 spiro atoms. The van der Waals surface area contributed by atoms with Gasteiger partial charge in [0.05, 0.1) is 17.4 Å². The van der Waals surface area contributed by atoms with Crippen LogP contribution < -0.4 is 10.6 Å². The summed E-state index contributed by atoms with van der Waals surface area (Å²) in [5.74, 6) is -0.601. The molecule has 2 atom stereocenters. The lowest BCUT2D eigenvalue weighted by Gasteiger charge is -2.25. The van der Waals surface area contributed by atoms with E-state index < -0.39 is 15.8 Å². The zero-order chi connectivity index (χ0) is 15.7. The largest absolute Gasteiger partial charge is 0.355 e. The highest BCUT2D eigenvalue weighted by atomic mass is 32.2. The Labute approximate surface area is 129 Å². The molecule has 2 aliphatic rings. The van der Waals surface area contributed by atoms with Gasteiger partial charge in [0.15, 0.2) is 9.84 Å². The third-order valence-corrected chi connectivity index (χ3v) is 6.04. The normalized spacial score (nSPS) is 26.1. The Morgan fingerprint density at radius 3 is 2.82 bits per heavy atom. The van der Waals surface area contributed by atoms with Gasteiger partial charge < -0.3 is 10.6 Å². The van der Waals surface area contributed by atoms with E-state index in [-0.39, 0.29) is 35.7 Å². The zero-order valence-corrected chi connectivity index (χ0v) is 12.9. The van der Waals surface area contributed by atoms with E-state index in [1.807, 2.05) is 18.2 Å². The van der Waals surface area contributed by atoms with Gasteiger partial charge in [0.25, 0.3) is 0 Å². The second-order valence-electron chi connectivity index (χ2n) is 5.91. The van der Waals surface area contributed by atoms with Gasteiger partial charge in [-0.1, -0.05) is 18.2 Å². The smallest absolute Gasteiger partial charge is 0.228 e. The molecule has 0 saturated carbocycles.